The quantitative estimate of drug-likeness (QED) is 0.871. The summed E-state index contributed by atoms with van der Waals surface area (Å²) in [4.78, 5) is 22.1. The van der Waals surface area contributed by atoms with E-state index in [1.807, 2.05) is 0 Å². The Morgan fingerprint density at radius 3 is 2.55 bits per heavy atom. The van der Waals surface area contributed by atoms with E-state index in [1.54, 1.807) is 42.5 Å². The first kappa shape index (κ1) is 13.6. The number of hydrogen-bond acceptors (Lipinski definition) is 3. The smallest absolute Gasteiger partial charge is 0.339 e. The number of carboxylic acids is 1. The summed E-state index contributed by atoms with van der Waals surface area (Å²) in [6, 6.07) is 13.1. The molecule has 20 heavy (non-hydrogen) atoms. The van der Waals surface area contributed by atoms with Crippen molar-refractivity contribution in [1.29, 1.82) is 0 Å². The largest absolute Gasteiger partial charge is 0.488 e. The molecule has 0 heterocycles. The first-order valence-electron chi connectivity index (χ1n) is 5.92. The van der Waals surface area contributed by atoms with Gasteiger partial charge >= 0.3 is 5.97 Å². The zero-order valence-electron chi connectivity index (χ0n) is 10.6. The zero-order chi connectivity index (χ0) is 14.5. The average molecular weight is 271 g/mol. The average Bonchev–Trinajstić information content (AvgIpc) is 2.45. The molecule has 102 valence electrons. The van der Waals surface area contributed by atoms with Crippen LogP contribution in [0.2, 0.25) is 0 Å². The van der Waals surface area contributed by atoms with Gasteiger partial charge in [0.25, 0.3) is 0 Å². The van der Waals surface area contributed by atoms with Crippen LogP contribution in [0.25, 0.3) is 0 Å². The first-order chi connectivity index (χ1) is 9.58. The number of aromatic carboxylic acids is 1. The van der Waals surface area contributed by atoms with E-state index in [4.69, 9.17) is 15.6 Å². The molecule has 0 fully saturated rings. The lowest BCUT2D eigenvalue weighted by Gasteiger charge is -2.09. The van der Waals surface area contributed by atoms with Gasteiger partial charge in [0, 0.05) is 5.56 Å². The predicted molar refractivity (Wildman–Crippen MR) is 72.7 cm³/mol. The molecular formula is C15H13NO4. The van der Waals surface area contributed by atoms with Crippen molar-refractivity contribution in [2.75, 3.05) is 0 Å². The van der Waals surface area contributed by atoms with Crippen molar-refractivity contribution < 1.29 is 19.4 Å². The summed E-state index contributed by atoms with van der Waals surface area (Å²) in [7, 11) is 0. The van der Waals surface area contributed by atoms with Crippen LogP contribution < -0.4 is 10.5 Å². The highest BCUT2D eigenvalue weighted by atomic mass is 16.5. The zero-order valence-corrected chi connectivity index (χ0v) is 10.6. The molecule has 3 N–H and O–H groups in total. The van der Waals surface area contributed by atoms with E-state index in [-0.39, 0.29) is 17.9 Å². The fraction of sp³-hybridized carbons (Fsp3) is 0.0667. The van der Waals surface area contributed by atoms with Crippen molar-refractivity contribution in [3.63, 3.8) is 0 Å². The highest BCUT2D eigenvalue weighted by Crippen LogP contribution is 2.19. The Hall–Kier alpha value is -2.82. The Morgan fingerprint density at radius 1 is 1.10 bits per heavy atom. The first-order valence-corrected chi connectivity index (χ1v) is 5.92. The Morgan fingerprint density at radius 2 is 1.85 bits per heavy atom. The number of nitrogens with two attached hydrogens (primary N) is 1. The van der Waals surface area contributed by atoms with Crippen molar-refractivity contribution in [3.8, 4) is 5.75 Å². The number of benzene rings is 2. The molecule has 2 aromatic carbocycles. The Labute approximate surface area is 115 Å². The molecule has 0 radical (unpaired) electrons. The van der Waals surface area contributed by atoms with Gasteiger partial charge in [-0.2, -0.15) is 0 Å². The number of primary amides is 1. The number of carboxylic acid groups (broad SMARTS) is 1. The van der Waals surface area contributed by atoms with Crippen LogP contribution >= 0.6 is 0 Å². The van der Waals surface area contributed by atoms with Gasteiger partial charge in [0.05, 0.1) is 0 Å². The molecule has 5 nitrogen and oxygen atoms in total. The van der Waals surface area contributed by atoms with E-state index in [1.165, 1.54) is 6.07 Å². The van der Waals surface area contributed by atoms with Gasteiger partial charge in [-0.3, -0.25) is 4.79 Å². The van der Waals surface area contributed by atoms with Crippen LogP contribution in [0.4, 0.5) is 0 Å². The number of carbonyl (C=O) groups excluding carboxylic acids is 1. The lowest BCUT2D eigenvalue weighted by atomic mass is 10.1. The maximum Gasteiger partial charge on any atom is 0.339 e. The number of rotatable bonds is 5. The summed E-state index contributed by atoms with van der Waals surface area (Å²) < 4.78 is 5.49. The second kappa shape index (κ2) is 5.88. The third kappa shape index (κ3) is 3.14. The number of ether oxygens (including phenoxy) is 1. The lowest BCUT2D eigenvalue weighted by molar-refractivity contribution is 0.0691. The summed E-state index contributed by atoms with van der Waals surface area (Å²) in [5, 5.41) is 9.04. The highest BCUT2D eigenvalue weighted by Gasteiger charge is 2.10. The maximum atomic E-state index is 11.1. The van der Waals surface area contributed by atoms with Crippen LogP contribution in [-0.4, -0.2) is 17.0 Å². The molecule has 0 bridgehead atoms. The number of hydrogen-bond donors (Lipinski definition) is 2. The summed E-state index contributed by atoms with van der Waals surface area (Å²) in [6.45, 7) is 0.158. The molecule has 0 aliphatic heterocycles. The normalized spacial score (nSPS) is 10.0. The van der Waals surface area contributed by atoms with Crippen molar-refractivity contribution in [3.05, 3.63) is 65.2 Å². The number of para-hydroxylation sites is 1. The third-order valence-electron chi connectivity index (χ3n) is 2.72. The van der Waals surface area contributed by atoms with Crippen LogP contribution in [0, 0.1) is 0 Å². The van der Waals surface area contributed by atoms with E-state index in [0.717, 1.165) is 5.56 Å². The SMILES string of the molecule is NC(=O)c1cccc(COc2ccccc2C(=O)O)c1. The van der Waals surface area contributed by atoms with Gasteiger partial charge < -0.3 is 15.6 Å². The van der Waals surface area contributed by atoms with E-state index < -0.39 is 11.9 Å². The summed E-state index contributed by atoms with van der Waals surface area (Å²) in [5.41, 5.74) is 6.42. The molecule has 2 aromatic rings. The summed E-state index contributed by atoms with van der Waals surface area (Å²) >= 11 is 0. The molecule has 1 amide bonds. The maximum absolute atomic E-state index is 11.1. The van der Waals surface area contributed by atoms with Gasteiger partial charge in [0.2, 0.25) is 5.91 Å². The van der Waals surface area contributed by atoms with Gasteiger partial charge in [-0.15, -0.1) is 0 Å². The minimum Gasteiger partial charge on any atom is -0.488 e. The molecule has 0 aliphatic rings. The topological polar surface area (TPSA) is 89.6 Å². The standard InChI is InChI=1S/C15H13NO4/c16-14(17)11-5-3-4-10(8-11)9-20-13-7-2-1-6-12(13)15(18)19/h1-8H,9H2,(H2,16,17)(H,18,19). The van der Waals surface area contributed by atoms with Crippen molar-refractivity contribution in [2.45, 2.75) is 6.61 Å². The predicted octanol–water partition coefficient (Wildman–Crippen LogP) is 2.06. The number of amides is 1. The molecular weight excluding hydrogens is 258 g/mol. The fourth-order valence-corrected chi connectivity index (χ4v) is 1.74. The van der Waals surface area contributed by atoms with Gasteiger partial charge in [-0.25, -0.2) is 4.79 Å². The van der Waals surface area contributed by atoms with Crippen molar-refractivity contribution in [2.24, 2.45) is 5.73 Å². The monoisotopic (exact) mass is 271 g/mol. The highest BCUT2D eigenvalue weighted by molar-refractivity contribution is 5.93. The molecule has 5 heteroatoms. The van der Waals surface area contributed by atoms with Crippen molar-refractivity contribution >= 4 is 11.9 Å². The fourth-order valence-electron chi connectivity index (χ4n) is 1.74. The Balaban J connectivity index is 2.15. The molecule has 2 rings (SSSR count). The van der Waals surface area contributed by atoms with Crippen LogP contribution in [0.1, 0.15) is 26.3 Å². The molecule has 0 aliphatic carbocycles. The molecule has 0 atom stereocenters. The molecule has 0 saturated carbocycles. The Kier molecular flexibility index (Phi) is 4.00. The molecule has 0 aromatic heterocycles. The molecule has 0 unspecified atom stereocenters. The minimum absolute atomic E-state index is 0.0959. The second-order valence-electron chi connectivity index (χ2n) is 4.15. The van der Waals surface area contributed by atoms with Gasteiger partial charge in [0.1, 0.15) is 17.9 Å². The lowest BCUT2D eigenvalue weighted by Crippen LogP contribution is -2.11. The van der Waals surface area contributed by atoms with E-state index >= 15 is 0 Å². The van der Waals surface area contributed by atoms with Crippen LogP contribution in [0.5, 0.6) is 5.75 Å². The molecule has 0 saturated heterocycles. The van der Waals surface area contributed by atoms with Crippen LogP contribution in [-0.2, 0) is 6.61 Å². The number of carbonyl (C=O) groups is 2. The second-order valence-corrected chi connectivity index (χ2v) is 4.15. The van der Waals surface area contributed by atoms with E-state index in [9.17, 15) is 9.59 Å². The van der Waals surface area contributed by atoms with Gasteiger partial charge in [-0.05, 0) is 29.8 Å². The summed E-state index contributed by atoms with van der Waals surface area (Å²) in [5.74, 6) is -1.28. The van der Waals surface area contributed by atoms with Crippen LogP contribution in [0.3, 0.4) is 0 Å². The van der Waals surface area contributed by atoms with Crippen molar-refractivity contribution in [1.82, 2.24) is 0 Å². The van der Waals surface area contributed by atoms with Crippen LogP contribution in [0.15, 0.2) is 48.5 Å². The van der Waals surface area contributed by atoms with Gasteiger partial charge in [0.15, 0.2) is 0 Å². The summed E-state index contributed by atoms with van der Waals surface area (Å²) in [6.07, 6.45) is 0. The minimum atomic E-state index is -1.05. The third-order valence-corrected chi connectivity index (χ3v) is 2.72. The van der Waals surface area contributed by atoms with Gasteiger partial charge in [-0.1, -0.05) is 24.3 Å². The van der Waals surface area contributed by atoms with E-state index in [0.29, 0.717) is 5.56 Å². The Bertz CT molecular complexity index is 652. The van der Waals surface area contributed by atoms with E-state index in [2.05, 4.69) is 0 Å². The molecule has 0 spiro atoms.